The first-order valence-corrected chi connectivity index (χ1v) is 13.4. The van der Waals surface area contributed by atoms with E-state index in [0.29, 0.717) is 33.1 Å². The summed E-state index contributed by atoms with van der Waals surface area (Å²) in [6.45, 7) is 6.77. The Bertz CT molecular complexity index is 987. The Labute approximate surface area is 223 Å². The standard InChI is InChI=1S/C26H33Cl4N3O/c1-3-4-5-20-16-32(11-10-18-6-8-21(27)23(29)12-18)17(2)15-33(20)26(34)25(31)14-19-7-9-22(28)24(30)13-19/h6-9,12-13,17,20,25H,3-5,10-11,14-16,31H2,1-2H3/t17-,20+,25-/m1/s1. The maximum atomic E-state index is 13.4. The van der Waals surface area contributed by atoms with Crippen LogP contribution < -0.4 is 5.73 Å². The molecular formula is C26H33Cl4N3O. The zero-order chi connectivity index (χ0) is 24.8. The SMILES string of the molecule is CCCC[C@H]1CN(CCc2ccc(Cl)c(Cl)c2)[C@H](C)CN1C(=O)[C@H](N)Cc1ccc(Cl)c(Cl)c1. The van der Waals surface area contributed by atoms with Gasteiger partial charge in [0, 0.05) is 31.7 Å². The van der Waals surface area contributed by atoms with Gasteiger partial charge in [-0.15, -0.1) is 0 Å². The molecule has 8 heteroatoms. The predicted octanol–water partition coefficient (Wildman–Crippen LogP) is 6.50. The van der Waals surface area contributed by atoms with Gasteiger partial charge in [-0.2, -0.15) is 0 Å². The summed E-state index contributed by atoms with van der Waals surface area (Å²) in [6.07, 6.45) is 4.45. The Morgan fingerprint density at radius 2 is 1.62 bits per heavy atom. The minimum absolute atomic E-state index is 0.00292. The van der Waals surface area contributed by atoms with E-state index in [2.05, 4.69) is 18.7 Å². The van der Waals surface area contributed by atoms with Crippen molar-refractivity contribution in [2.45, 2.75) is 64.1 Å². The van der Waals surface area contributed by atoms with E-state index in [0.717, 1.165) is 49.9 Å². The molecule has 3 atom stereocenters. The van der Waals surface area contributed by atoms with Crippen molar-refractivity contribution in [3.63, 3.8) is 0 Å². The van der Waals surface area contributed by atoms with E-state index in [-0.39, 0.29) is 18.0 Å². The lowest BCUT2D eigenvalue weighted by Crippen LogP contribution is -2.62. The molecule has 1 aliphatic rings. The third-order valence-electron chi connectivity index (χ3n) is 6.57. The monoisotopic (exact) mass is 543 g/mol. The first-order chi connectivity index (χ1) is 16.2. The van der Waals surface area contributed by atoms with Gasteiger partial charge in [-0.1, -0.05) is 78.3 Å². The molecule has 4 nitrogen and oxygen atoms in total. The normalized spacial score (nSPS) is 19.9. The largest absolute Gasteiger partial charge is 0.336 e. The van der Waals surface area contributed by atoms with E-state index in [9.17, 15) is 4.79 Å². The summed E-state index contributed by atoms with van der Waals surface area (Å²) in [5.74, 6) is 0.00292. The molecule has 2 aromatic rings. The fourth-order valence-corrected chi connectivity index (χ4v) is 5.20. The van der Waals surface area contributed by atoms with Crippen molar-refractivity contribution in [2.75, 3.05) is 19.6 Å². The molecule has 186 valence electrons. The summed E-state index contributed by atoms with van der Waals surface area (Å²) in [6, 6.07) is 11.0. The average Bonchev–Trinajstić information content (AvgIpc) is 2.81. The lowest BCUT2D eigenvalue weighted by atomic mass is 9.98. The third-order valence-corrected chi connectivity index (χ3v) is 8.05. The molecule has 1 aliphatic heterocycles. The highest BCUT2D eigenvalue weighted by molar-refractivity contribution is 6.42. The van der Waals surface area contributed by atoms with Crippen molar-refractivity contribution >= 4 is 52.3 Å². The van der Waals surface area contributed by atoms with Crippen molar-refractivity contribution in [2.24, 2.45) is 5.73 Å². The quantitative estimate of drug-likeness (QED) is 0.391. The van der Waals surface area contributed by atoms with Gasteiger partial charge < -0.3 is 10.6 Å². The highest BCUT2D eigenvalue weighted by Gasteiger charge is 2.35. The minimum Gasteiger partial charge on any atom is -0.336 e. The number of benzene rings is 2. The van der Waals surface area contributed by atoms with Gasteiger partial charge in [0.2, 0.25) is 5.91 Å². The first-order valence-electron chi connectivity index (χ1n) is 11.9. The maximum Gasteiger partial charge on any atom is 0.240 e. The molecule has 0 spiro atoms. The summed E-state index contributed by atoms with van der Waals surface area (Å²) in [7, 11) is 0. The molecule has 2 aromatic carbocycles. The van der Waals surface area contributed by atoms with Crippen LogP contribution in [0.15, 0.2) is 36.4 Å². The number of carbonyl (C=O) groups excluding carboxylic acids is 1. The van der Waals surface area contributed by atoms with Gasteiger partial charge in [0.05, 0.1) is 26.1 Å². The molecule has 0 bridgehead atoms. The summed E-state index contributed by atoms with van der Waals surface area (Å²) < 4.78 is 0. The van der Waals surface area contributed by atoms with Crippen molar-refractivity contribution in [1.82, 2.24) is 9.80 Å². The topological polar surface area (TPSA) is 49.6 Å². The van der Waals surface area contributed by atoms with Crippen molar-refractivity contribution < 1.29 is 4.79 Å². The molecule has 0 aliphatic carbocycles. The lowest BCUT2D eigenvalue weighted by Gasteiger charge is -2.46. The molecular weight excluding hydrogens is 512 g/mol. The van der Waals surface area contributed by atoms with E-state index in [4.69, 9.17) is 52.1 Å². The van der Waals surface area contributed by atoms with Crippen LogP contribution in [0.5, 0.6) is 0 Å². The van der Waals surface area contributed by atoms with Crippen LogP contribution in [0.1, 0.15) is 44.2 Å². The predicted molar refractivity (Wildman–Crippen MR) is 144 cm³/mol. The smallest absolute Gasteiger partial charge is 0.240 e. The van der Waals surface area contributed by atoms with Gasteiger partial charge in [0.25, 0.3) is 0 Å². The second-order valence-electron chi connectivity index (χ2n) is 9.19. The number of unbranched alkanes of at least 4 members (excludes halogenated alkanes) is 1. The fourth-order valence-electron chi connectivity index (χ4n) is 4.56. The van der Waals surface area contributed by atoms with Crippen LogP contribution in [0.25, 0.3) is 0 Å². The second kappa shape index (κ2) is 12.8. The molecule has 3 rings (SSSR count). The Balaban J connectivity index is 1.66. The van der Waals surface area contributed by atoms with E-state index >= 15 is 0 Å². The molecule has 0 unspecified atom stereocenters. The van der Waals surface area contributed by atoms with Crippen LogP contribution in [-0.2, 0) is 17.6 Å². The van der Waals surface area contributed by atoms with Gasteiger partial charge in [0.1, 0.15) is 0 Å². The molecule has 34 heavy (non-hydrogen) atoms. The highest BCUT2D eigenvalue weighted by Crippen LogP contribution is 2.26. The van der Waals surface area contributed by atoms with E-state index < -0.39 is 6.04 Å². The Morgan fingerprint density at radius 1 is 1.00 bits per heavy atom. The fraction of sp³-hybridized carbons (Fsp3) is 0.500. The van der Waals surface area contributed by atoms with Crippen molar-refractivity contribution in [3.05, 3.63) is 67.6 Å². The number of halogens is 4. The third kappa shape index (κ3) is 7.25. The Kier molecular flexibility index (Phi) is 10.4. The minimum atomic E-state index is -0.615. The van der Waals surface area contributed by atoms with Crippen LogP contribution in [0.2, 0.25) is 20.1 Å². The number of hydrogen-bond acceptors (Lipinski definition) is 3. The average molecular weight is 545 g/mol. The summed E-state index contributed by atoms with van der Waals surface area (Å²) in [4.78, 5) is 17.9. The number of hydrogen-bond donors (Lipinski definition) is 1. The number of amides is 1. The number of rotatable bonds is 9. The molecule has 2 N–H and O–H groups in total. The zero-order valence-electron chi connectivity index (χ0n) is 19.7. The second-order valence-corrected chi connectivity index (χ2v) is 10.8. The van der Waals surface area contributed by atoms with Gasteiger partial charge >= 0.3 is 0 Å². The maximum absolute atomic E-state index is 13.4. The molecule has 1 saturated heterocycles. The van der Waals surface area contributed by atoms with Gasteiger partial charge in [0.15, 0.2) is 0 Å². The van der Waals surface area contributed by atoms with Gasteiger partial charge in [-0.05, 0) is 61.6 Å². The highest BCUT2D eigenvalue weighted by atomic mass is 35.5. The lowest BCUT2D eigenvalue weighted by molar-refractivity contribution is -0.139. The number of nitrogens with two attached hydrogens (primary N) is 1. The van der Waals surface area contributed by atoms with Crippen LogP contribution in [0, 0.1) is 0 Å². The number of piperazine rings is 1. The van der Waals surface area contributed by atoms with Crippen LogP contribution >= 0.6 is 46.4 Å². The van der Waals surface area contributed by atoms with Crippen LogP contribution in [0.4, 0.5) is 0 Å². The summed E-state index contributed by atoms with van der Waals surface area (Å²) in [5.41, 5.74) is 8.47. The van der Waals surface area contributed by atoms with Gasteiger partial charge in [-0.25, -0.2) is 0 Å². The molecule has 1 fully saturated rings. The van der Waals surface area contributed by atoms with Gasteiger partial charge in [-0.3, -0.25) is 9.69 Å². The molecule has 1 heterocycles. The van der Waals surface area contributed by atoms with Crippen molar-refractivity contribution in [3.8, 4) is 0 Å². The van der Waals surface area contributed by atoms with Crippen molar-refractivity contribution in [1.29, 1.82) is 0 Å². The molecule has 0 radical (unpaired) electrons. The Morgan fingerprint density at radius 3 is 2.24 bits per heavy atom. The zero-order valence-corrected chi connectivity index (χ0v) is 22.8. The molecule has 0 saturated carbocycles. The summed E-state index contributed by atoms with van der Waals surface area (Å²) >= 11 is 24.4. The van der Waals surface area contributed by atoms with E-state index in [1.807, 2.05) is 29.2 Å². The first kappa shape index (κ1) is 27.6. The van der Waals surface area contributed by atoms with Crippen LogP contribution in [0.3, 0.4) is 0 Å². The van der Waals surface area contributed by atoms with E-state index in [1.165, 1.54) is 0 Å². The summed E-state index contributed by atoms with van der Waals surface area (Å²) in [5, 5.41) is 2.13. The van der Waals surface area contributed by atoms with Crippen LogP contribution in [-0.4, -0.2) is 53.5 Å². The molecule has 1 amide bonds. The van der Waals surface area contributed by atoms with E-state index in [1.54, 1.807) is 12.1 Å². The number of nitrogens with zero attached hydrogens (tertiary/aromatic N) is 2. The number of carbonyl (C=O) groups is 1. The Hall–Kier alpha value is -1.01. The molecule has 0 aromatic heterocycles.